The Balaban J connectivity index is 2.03. The number of rotatable bonds is 8. The van der Waals surface area contributed by atoms with E-state index in [-0.39, 0.29) is 5.56 Å². The van der Waals surface area contributed by atoms with Crippen molar-refractivity contribution in [3.05, 3.63) is 102 Å². The zero-order valence-corrected chi connectivity index (χ0v) is 18.3. The Morgan fingerprint density at radius 1 is 0.839 bits per heavy atom. The zero-order chi connectivity index (χ0) is 22.5. The minimum absolute atomic E-state index is 0.0607. The Hall–Kier alpha value is -2.75. The fraction of sp³-hybridized carbons (Fsp3) is 0.0952. The highest BCUT2D eigenvalue weighted by atomic mass is 35.5. The fourth-order valence-corrected chi connectivity index (χ4v) is 5.12. The molecule has 3 rings (SSSR count). The summed E-state index contributed by atoms with van der Waals surface area (Å²) in [6.45, 7) is 0. The first kappa shape index (κ1) is 22.9. The molecule has 0 aliphatic rings. The third-order valence-corrected chi connectivity index (χ3v) is 7.68. The van der Waals surface area contributed by atoms with Gasteiger partial charge in [0.05, 0.1) is 4.90 Å². The number of benzene rings is 3. The summed E-state index contributed by atoms with van der Waals surface area (Å²) in [7, 11) is -9.14. The van der Waals surface area contributed by atoms with Gasteiger partial charge in [0.1, 0.15) is 5.75 Å². The van der Waals surface area contributed by atoms with E-state index in [1.807, 2.05) is 0 Å². The summed E-state index contributed by atoms with van der Waals surface area (Å²) >= 11 is 5.89. The number of alkyl halides is 2. The first-order chi connectivity index (χ1) is 14.6. The summed E-state index contributed by atoms with van der Waals surface area (Å²) in [6.07, 6.45) is 0. The number of hydrogen-bond donors (Lipinski definition) is 0. The molecule has 162 valence electrons. The number of sulfone groups is 1. The molecular weight excluding hydrogens is 465 g/mol. The molecule has 0 spiro atoms. The molecule has 3 aromatic carbocycles. The van der Waals surface area contributed by atoms with E-state index in [2.05, 4.69) is 9.44 Å². The topological polar surface area (TPSA) is 89.9 Å². The van der Waals surface area contributed by atoms with Crippen LogP contribution in [-0.4, -0.2) is 27.0 Å². The molecule has 0 aliphatic carbocycles. The number of halogens is 2. The molecule has 1 atom stereocenters. The molecule has 6 nitrogen and oxygen atoms in total. The van der Waals surface area contributed by atoms with Gasteiger partial charge in [-0.15, -0.1) is 0 Å². The molecule has 3 aromatic rings. The lowest BCUT2D eigenvalue weighted by atomic mass is 10.1. The van der Waals surface area contributed by atoms with Crippen molar-refractivity contribution in [1.82, 2.24) is 0 Å². The molecule has 0 saturated carbocycles. The van der Waals surface area contributed by atoms with Crippen molar-refractivity contribution in [2.75, 3.05) is 0 Å². The zero-order valence-electron chi connectivity index (χ0n) is 15.9. The molecular formula is C21H17ClFNO5S2. The van der Waals surface area contributed by atoms with Crippen molar-refractivity contribution in [3.63, 3.8) is 0 Å². The van der Waals surface area contributed by atoms with Crippen LogP contribution in [0.1, 0.15) is 11.1 Å². The summed E-state index contributed by atoms with van der Waals surface area (Å²) in [5.74, 6) is -0.549. The van der Waals surface area contributed by atoms with Crippen molar-refractivity contribution in [3.8, 4) is 0 Å². The van der Waals surface area contributed by atoms with E-state index in [1.54, 1.807) is 42.5 Å². The Kier molecular flexibility index (Phi) is 6.78. The maximum absolute atomic E-state index is 15.7. The molecule has 1 unspecified atom stereocenters. The second-order valence-corrected chi connectivity index (χ2v) is 10.7. The van der Waals surface area contributed by atoms with E-state index >= 15 is 4.39 Å². The van der Waals surface area contributed by atoms with Crippen LogP contribution < -0.4 is 0 Å². The highest BCUT2D eigenvalue weighted by molar-refractivity contribution is 7.95. The number of hydrogen-bond acceptors (Lipinski definition) is 6. The van der Waals surface area contributed by atoms with Crippen LogP contribution in [0.25, 0.3) is 0 Å². The van der Waals surface area contributed by atoms with E-state index in [0.29, 0.717) is 5.56 Å². The molecule has 0 heterocycles. The molecule has 0 amide bonds. The summed E-state index contributed by atoms with van der Waals surface area (Å²) in [4.78, 5) is -0.400. The summed E-state index contributed by atoms with van der Waals surface area (Å²) in [5.41, 5.74) is -0.557. The first-order valence-electron chi connectivity index (χ1n) is 8.90. The van der Waals surface area contributed by atoms with E-state index in [9.17, 15) is 16.8 Å². The average Bonchev–Trinajstić information content (AvgIpc) is 2.75. The van der Waals surface area contributed by atoms with Crippen LogP contribution in [0.5, 0.6) is 0 Å². The highest BCUT2D eigenvalue weighted by Gasteiger charge is 2.50. The van der Waals surface area contributed by atoms with Gasteiger partial charge in [-0.25, -0.2) is 12.8 Å². The number of nitrogens with zero attached hydrogens (tertiary/aromatic N) is 1. The van der Waals surface area contributed by atoms with Gasteiger partial charge in [0.2, 0.25) is 9.84 Å². The Bertz CT molecular complexity index is 1270. The summed E-state index contributed by atoms with van der Waals surface area (Å²) in [5, 5.41) is 3.37. The van der Waals surface area contributed by atoms with E-state index in [0.717, 1.165) is 0 Å². The van der Waals surface area contributed by atoms with Crippen molar-refractivity contribution in [1.29, 1.82) is 0 Å². The van der Waals surface area contributed by atoms with Crippen LogP contribution in [-0.2, 0) is 30.0 Å². The maximum atomic E-state index is 15.7. The second-order valence-electron chi connectivity index (χ2n) is 6.40. The largest absolute Gasteiger partial charge is 0.333 e. The lowest BCUT2D eigenvalue weighted by Crippen LogP contribution is -2.38. The van der Waals surface area contributed by atoms with Gasteiger partial charge in [0, 0.05) is 5.56 Å². The molecule has 0 aliphatic heterocycles. The van der Waals surface area contributed by atoms with E-state index < -0.39 is 40.8 Å². The maximum Gasteiger partial charge on any atom is 0.333 e. The quantitative estimate of drug-likeness (QED) is 0.272. The lowest BCUT2D eigenvalue weighted by Gasteiger charge is -2.20. The molecule has 10 heteroatoms. The summed E-state index contributed by atoms with van der Waals surface area (Å²) < 4.78 is 67.2. The lowest BCUT2D eigenvalue weighted by molar-refractivity contribution is 0.331. The highest BCUT2D eigenvalue weighted by Crippen LogP contribution is 2.35. The van der Waals surface area contributed by atoms with Crippen LogP contribution >= 0.6 is 11.6 Å². The molecule has 0 fully saturated rings. The van der Waals surface area contributed by atoms with Crippen LogP contribution in [0, 0.1) is 0 Å². The normalized spacial score (nSPS) is 14.6. The average molecular weight is 482 g/mol. The van der Waals surface area contributed by atoms with Crippen LogP contribution in [0.15, 0.2) is 101 Å². The van der Waals surface area contributed by atoms with Gasteiger partial charge in [-0.2, -0.15) is 8.42 Å². The molecule has 0 bridgehead atoms. The molecule has 31 heavy (non-hydrogen) atoms. The Morgan fingerprint density at radius 2 is 1.32 bits per heavy atom. The molecule has 0 radical (unpaired) electrons. The van der Waals surface area contributed by atoms with Gasteiger partial charge in [-0.1, -0.05) is 95.6 Å². The van der Waals surface area contributed by atoms with Gasteiger partial charge in [-0.3, -0.25) is 4.28 Å². The van der Waals surface area contributed by atoms with Gasteiger partial charge < -0.3 is 0 Å². The predicted molar refractivity (Wildman–Crippen MR) is 116 cm³/mol. The van der Waals surface area contributed by atoms with Gasteiger partial charge in [0.15, 0.2) is 5.71 Å². The Morgan fingerprint density at radius 3 is 1.87 bits per heavy atom. The van der Waals surface area contributed by atoms with Crippen molar-refractivity contribution < 1.29 is 25.5 Å². The smallest absolute Gasteiger partial charge is 0.268 e. The number of oxime groups is 1. The third-order valence-electron chi connectivity index (χ3n) is 4.14. The van der Waals surface area contributed by atoms with Crippen LogP contribution in [0.2, 0.25) is 0 Å². The first-order valence-corrected chi connectivity index (χ1v) is 12.3. The van der Waals surface area contributed by atoms with Gasteiger partial charge in [-0.05, 0) is 17.7 Å². The van der Waals surface area contributed by atoms with Crippen molar-refractivity contribution >= 4 is 37.3 Å². The van der Waals surface area contributed by atoms with Gasteiger partial charge >= 0.3 is 14.6 Å². The fourth-order valence-electron chi connectivity index (χ4n) is 2.64. The minimum atomic E-state index is -4.82. The molecule has 0 aromatic heterocycles. The van der Waals surface area contributed by atoms with E-state index in [4.69, 9.17) is 11.6 Å². The summed E-state index contributed by atoms with van der Waals surface area (Å²) in [6, 6.07) is 22.1. The molecule has 0 N–H and O–H groups in total. The van der Waals surface area contributed by atoms with E-state index in [1.165, 1.54) is 48.5 Å². The monoisotopic (exact) mass is 481 g/mol. The van der Waals surface area contributed by atoms with Gasteiger partial charge in [0.25, 0.3) is 0 Å². The standard InChI is InChI=1S/C21H17ClFNO5S2/c22-21(23,31(27,28)19-14-8-3-9-15-19)20(18-12-6-2-7-13-18)24-29-30(25,26)16-17-10-4-1-5-11-17/h1-15H,16H2. The second kappa shape index (κ2) is 9.17. The van der Waals surface area contributed by atoms with Crippen molar-refractivity contribution in [2.45, 2.75) is 15.1 Å². The Labute approximate surface area is 185 Å². The third kappa shape index (κ3) is 5.30. The predicted octanol–water partition coefficient (Wildman–Crippen LogP) is 4.27. The van der Waals surface area contributed by atoms with Crippen molar-refractivity contribution in [2.24, 2.45) is 5.16 Å². The van der Waals surface area contributed by atoms with Crippen LogP contribution in [0.4, 0.5) is 4.39 Å². The molecule has 0 saturated heterocycles. The minimum Gasteiger partial charge on any atom is -0.268 e. The SMILES string of the molecule is O=S(=O)(Cc1ccccc1)ON=C(c1ccccc1)C(F)(Cl)S(=O)(=O)c1ccccc1. The van der Waals surface area contributed by atoms with Crippen LogP contribution in [0.3, 0.4) is 0 Å².